The SMILES string of the molecule is O=C(Nc1noc(CCc2ccccc2)n1)c1cnccn1. The Labute approximate surface area is 126 Å². The lowest BCUT2D eigenvalue weighted by atomic mass is 10.1. The molecule has 3 rings (SSSR count). The second-order valence-electron chi connectivity index (χ2n) is 4.54. The van der Waals surface area contributed by atoms with Crippen LogP contribution >= 0.6 is 0 Å². The first-order valence-corrected chi connectivity index (χ1v) is 6.75. The van der Waals surface area contributed by atoms with E-state index >= 15 is 0 Å². The van der Waals surface area contributed by atoms with Crippen LogP contribution in [0.25, 0.3) is 0 Å². The van der Waals surface area contributed by atoms with Gasteiger partial charge in [-0.15, -0.1) is 0 Å². The van der Waals surface area contributed by atoms with E-state index in [0.29, 0.717) is 12.3 Å². The van der Waals surface area contributed by atoms with Crippen molar-refractivity contribution < 1.29 is 9.32 Å². The summed E-state index contributed by atoms with van der Waals surface area (Å²) in [5.74, 6) is 0.167. The third kappa shape index (κ3) is 3.51. The summed E-state index contributed by atoms with van der Waals surface area (Å²) in [5, 5.41) is 6.25. The van der Waals surface area contributed by atoms with Gasteiger partial charge in [-0.1, -0.05) is 30.3 Å². The molecule has 0 atom stereocenters. The van der Waals surface area contributed by atoms with E-state index in [9.17, 15) is 4.79 Å². The molecule has 0 spiro atoms. The van der Waals surface area contributed by atoms with Gasteiger partial charge in [0.2, 0.25) is 5.89 Å². The van der Waals surface area contributed by atoms with E-state index in [1.54, 1.807) is 0 Å². The summed E-state index contributed by atoms with van der Waals surface area (Å²) < 4.78 is 5.11. The average molecular weight is 295 g/mol. The smallest absolute Gasteiger partial charge is 0.278 e. The normalized spacial score (nSPS) is 10.4. The fourth-order valence-electron chi connectivity index (χ4n) is 1.89. The zero-order valence-corrected chi connectivity index (χ0v) is 11.6. The lowest BCUT2D eigenvalue weighted by Gasteiger charge is -1.98. The zero-order chi connectivity index (χ0) is 15.2. The van der Waals surface area contributed by atoms with Gasteiger partial charge in [0.25, 0.3) is 11.9 Å². The summed E-state index contributed by atoms with van der Waals surface area (Å²) in [5.41, 5.74) is 1.38. The Morgan fingerprint density at radius 2 is 2.00 bits per heavy atom. The molecule has 0 saturated heterocycles. The third-order valence-corrected chi connectivity index (χ3v) is 2.96. The quantitative estimate of drug-likeness (QED) is 0.772. The van der Waals surface area contributed by atoms with Gasteiger partial charge < -0.3 is 4.52 Å². The highest BCUT2D eigenvalue weighted by atomic mass is 16.5. The van der Waals surface area contributed by atoms with Crippen molar-refractivity contribution in [2.24, 2.45) is 0 Å². The lowest BCUT2D eigenvalue weighted by Crippen LogP contribution is -2.14. The predicted octanol–water partition coefficient (Wildman–Crippen LogP) is 1.90. The number of carbonyl (C=O) groups is 1. The molecule has 1 amide bonds. The standard InChI is InChI=1S/C15H13N5O2/c21-14(12-10-16-8-9-17-12)19-15-18-13(22-20-15)7-6-11-4-2-1-3-5-11/h1-5,8-10H,6-7H2,(H,19,20,21). The van der Waals surface area contributed by atoms with Crippen molar-refractivity contribution in [3.63, 3.8) is 0 Å². The number of hydrogen-bond acceptors (Lipinski definition) is 6. The lowest BCUT2D eigenvalue weighted by molar-refractivity contribution is 0.102. The largest absolute Gasteiger partial charge is 0.337 e. The van der Waals surface area contributed by atoms with Gasteiger partial charge in [0.1, 0.15) is 5.69 Å². The maximum absolute atomic E-state index is 11.9. The number of aryl methyl sites for hydroxylation is 2. The molecule has 0 aliphatic carbocycles. The molecule has 1 N–H and O–H groups in total. The second kappa shape index (κ2) is 6.57. The van der Waals surface area contributed by atoms with E-state index in [1.807, 2.05) is 30.3 Å². The van der Waals surface area contributed by atoms with Crippen molar-refractivity contribution >= 4 is 11.9 Å². The van der Waals surface area contributed by atoms with E-state index in [1.165, 1.54) is 24.2 Å². The van der Waals surface area contributed by atoms with Crippen molar-refractivity contribution in [1.29, 1.82) is 0 Å². The molecule has 0 unspecified atom stereocenters. The maximum atomic E-state index is 11.9. The first-order valence-electron chi connectivity index (χ1n) is 6.75. The van der Waals surface area contributed by atoms with Crippen LogP contribution in [0.1, 0.15) is 21.9 Å². The van der Waals surface area contributed by atoms with Crippen LogP contribution in [-0.4, -0.2) is 26.0 Å². The minimum Gasteiger partial charge on any atom is -0.337 e. The van der Waals surface area contributed by atoms with E-state index in [4.69, 9.17) is 4.52 Å². The third-order valence-electron chi connectivity index (χ3n) is 2.96. The molecule has 110 valence electrons. The topological polar surface area (TPSA) is 93.8 Å². The Balaban J connectivity index is 1.58. The predicted molar refractivity (Wildman–Crippen MR) is 78.1 cm³/mol. The molecule has 0 aliphatic heterocycles. The molecule has 2 heterocycles. The number of aromatic nitrogens is 4. The van der Waals surface area contributed by atoms with Crippen LogP contribution < -0.4 is 5.32 Å². The molecule has 22 heavy (non-hydrogen) atoms. The molecular formula is C15H13N5O2. The van der Waals surface area contributed by atoms with Crippen LogP contribution in [0, 0.1) is 0 Å². The molecular weight excluding hydrogens is 282 g/mol. The Morgan fingerprint density at radius 3 is 2.77 bits per heavy atom. The van der Waals surface area contributed by atoms with Gasteiger partial charge in [-0.05, 0) is 17.1 Å². The summed E-state index contributed by atoms with van der Waals surface area (Å²) in [7, 11) is 0. The minimum absolute atomic E-state index is 0.124. The number of amides is 1. The van der Waals surface area contributed by atoms with Crippen LogP contribution in [0.2, 0.25) is 0 Å². The number of rotatable bonds is 5. The summed E-state index contributed by atoms with van der Waals surface area (Å²) in [4.78, 5) is 23.7. The number of nitrogens with zero attached hydrogens (tertiary/aromatic N) is 4. The fourth-order valence-corrected chi connectivity index (χ4v) is 1.89. The van der Waals surface area contributed by atoms with Gasteiger partial charge >= 0.3 is 0 Å². The van der Waals surface area contributed by atoms with E-state index < -0.39 is 5.91 Å². The molecule has 7 heteroatoms. The number of anilines is 1. The van der Waals surface area contributed by atoms with Crippen LogP contribution in [0.5, 0.6) is 0 Å². The number of carbonyl (C=O) groups excluding carboxylic acids is 1. The molecule has 0 aliphatic rings. The van der Waals surface area contributed by atoms with Crippen LogP contribution in [0.15, 0.2) is 53.4 Å². The highest BCUT2D eigenvalue weighted by Crippen LogP contribution is 2.08. The average Bonchev–Trinajstić information content (AvgIpc) is 3.02. The van der Waals surface area contributed by atoms with Crippen molar-refractivity contribution in [2.75, 3.05) is 5.32 Å². The van der Waals surface area contributed by atoms with Crippen molar-refractivity contribution in [3.8, 4) is 0 Å². The summed E-state index contributed by atoms with van der Waals surface area (Å²) in [6.07, 6.45) is 5.70. The Bertz CT molecular complexity index is 743. The highest BCUT2D eigenvalue weighted by molar-refractivity contribution is 6.01. The number of nitrogens with one attached hydrogen (secondary N) is 1. The van der Waals surface area contributed by atoms with Gasteiger partial charge in [-0.3, -0.25) is 15.1 Å². The van der Waals surface area contributed by atoms with E-state index in [0.717, 1.165) is 6.42 Å². The molecule has 0 fully saturated rings. The molecule has 0 saturated carbocycles. The molecule has 0 bridgehead atoms. The Morgan fingerprint density at radius 1 is 1.14 bits per heavy atom. The molecule has 2 aromatic heterocycles. The summed E-state index contributed by atoms with van der Waals surface area (Å²) >= 11 is 0. The molecule has 1 aromatic carbocycles. The van der Waals surface area contributed by atoms with Crippen molar-refractivity contribution in [2.45, 2.75) is 12.8 Å². The molecule has 7 nitrogen and oxygen atoms in total. The highest BCUT2D eigenvalue weighted by Gasteiger charge is 2.12. The van der Waals surface area contributed by atoms with Crippen LogP contribution in [0.3, 0.4) is 0 Å². The van der Waals surface area contributed by atoms with Gasteiger partial charge in [-0.25, -0.2) is 4.98 Å². The molecule has 0 radical (unpaired) electrons. The van der Waals surface area contributed by atoms with Crippen molar-refractivity contribution in [1.82, 2.24) is 20.1 Å². The van der Waals surface area contributed by atoms with E-state index in [-0.39, 0.29) is 11.6 Å². The second-order valence-corrected chi connectivity index (χ2v) is 4.54. The first kappa shape index (κ1) is 13.9. The van der Waals surface area contributed by atoms with Crippen molar-refractivity contribution in [3.05, 3.63) is 66.1 Å². The molecule has 3 aromatic rings. The Hall–Kier alpha value is -3.09. The van der Waals surface area contributed by atoms with Gasteiger partial charge in [0.15, 0.2) is 0 Å². The minimum atomic E-state index is -0.427. The Kier molecular flexibility index (Phi) is 4.15. The maximum Gasteiger partial charge on any atom is 0.278 e. The summed E-state index contributed by atoms with van der Waals surface area (Å²) in [6.45, 7) is 0. The van der Waals surface area contributed by atoms with Crippen LogP contribution in [0.4, 0.5) is 5.95 Å². The fraction of sp³-hybridized carbons (Fsp3) is 0.133. The first-order chi connectivity index (χ1) is 10.8. The number of benzene rings is 1. The van der Waals surface area contributed by atoms with E-state index in [2.05, 4.69) is 25.4 Å². The zero-order valence-electron chi connectivity index (χ0n) is 11.6. The van der Waals surface area contributed by atoms with Crippen LogP contribution in [-0.2, 0) is 12.8 Å². The van der Waals surface area contributed by atoms with Gasteiger partial charge in [0, 0.05) is 18.8 Å². The monoisotopic (exact) mass is 295 g/mol. The summed E-state index contributed by atoms with van der Waals surface area (Å²) in [6, 6.07) is 10.0. The van der Waals surface area contributed by atoms with Gasteiger partial charge in [-0.2, -0.15) is 4.98 Å². The van der Waals surface area contributed by atoms with Gasteiger partial charge in [0.05, 0.1) is 6.20 Å². The number of hydrogen-bond donors (Lipinski definition) is 1.